The summed E-state index contributed by atoms with van der Waals surface area (Å²) in [6.45, 7) is 7.25. The highest BCUT2D eigenvalue weighted by Crippen LogP contribution is 2.37. The molecule has 0 aromatic heterocycles. The van der Waals surface area contributed by atoms with E-state index >= 15 is 0 Å². The first-order valence-corrected chi connectivity index (χ1v) is 4.35. The minimum Gasteiger partial charge on any atom is -0.366 e. The van der Waals surface area contributed by atoms with Crippen LogP contribution in [0.3, 0.4) is 0 Å². The van der Waals surface area contributed by atoms with Crippen LogP contribution in [0.1, 0.15) is 13.8 Å². The normalized spacial score (nSPS) is 47.6. The number of rotatable bonds is 1. The molecular formula is C9H14O4. The Kier molecular flexibility index (Phi) is 1.96. The van der Waals surface area contributed by atoms with Crippen LogP contribution in [-0.2, 0) is 14.2 Å². The molecule has 74 valence electrons. The minimum absolute atomic E-state index is 0.234. The quantitative estimate of drug-likeness (QED) is 0.602. The van der Waals surface area contributed by atoms with Crippen molar-refractivity contribution in [3.63, 3.8) is 0 Å². The van der Waals surface area contributed by atoms with Gasteiger partial charge in [-0.05, 0) is 13.8 Å². The number of aliphatic hydroxyl groups excluding tert-OH is 1. The fraction of sp³-hybridized carbons (Fsp3) is 0.778. The topological polar surface area (TPSA) is 47.9 Å². The van der Waals surface area contributed by atoms with Crippen LogP contribution in [0.5, 0.6) is 0 Å². The molecule has 0 amide bonds. The summed E-state index contributed by atoms with van der Waals surface area (Å²) in [5, 5.41) is 9.46. The third-order valence-electron chi connectivity index (χ3n) is 2.30. The van der Waals surface area contributed by atoms with Crippen LogP contribution < -0.4 is 0 Å². The summed E-state index contributed by atoms with van der Waals surface area (Å²) >= 11 is 0. The van der Waals surface area contributed by atoms with Gasteiger partial charge in [-0.3, -0.25) is 0 Å². The molecule has 0 radical (unpaired) electrons. The Hall–Kier alpha value is -0.420. The molecule has 2 rings (SSSR count). The third kappa shape index (κ3) is 1.40. The van der Waals surface area contributed by atoms with Crippen LogP contribution in [-0.4, -0.2) is 35.5 Å². The lowest BCUT2D eigenvalue weighted by Gasteiger charge is -2.21. The van der Waals surface area contributed by atoms with Crippen LogP contribution in [0.15, 0.2) is 12.7 Å². The van der Waals surface area contributed by atoms with Gasteiger partial charge in [-0.15, -0.1) is 6.58 Å². The Morgan fingerprint density at radius 3 is 2.54 bits per heavy atom. The Morgan fingerprint density at radius 1 is 1.31 bits per heavy atom. The molecule has 2 fully saturated rings. The average Bonchev–Trinajstić information content (AvgIpc) is 2.47. The van der Waals surface area contributed by atoms with Crippen LogP contribution in [0.4, 0.5) is 0 Å². The first-order chi connectivity index (χ1) is 6.03. The molecule has 0 aromatic carbocycles. The number of ether oxygens (including phenoxy) is 3. The van der Waals surface area contributed by atoms with E-state index in [-0.39, 0.29) is 12.2 Å². The zero-order valence-corrected chi connectivity index (χ0v) is 7.77. The van der Waals surface area contributed by atoms with E-state index in [0.717, 1.165) is 0 Å². The van der Waals surface area contributed by atoms with Crippen molar-refractivity contribution in [1.29, 1.82) is 0 Å². The Morgan fingerprint density at radius 2 is 1.92 bits per heavy atom. The summed E-state index contributed by atoms with van der Waals surface area (Å²) < 4.78 is 16.2. The van der Waals surface area contributed by atoms with E-state index in [9.17, 15) is 5.11 Å². The molecule has 4 nitrogen and oxygen atoms in total. The van der Waals surface area contributed by atoms with Gasteiger partial charge in [0, 0.05) is 0 Å². The predicted molar refractivity (Wildman–Crippen MR) is 44.9 cm³/mol. The first-order valence-electron chi connectivity index (χ1n) is 4.35. The molecule has 4 heteroatoms. The summed E-state index contributed by atoms with van der Waals surface area (Å²) in [6.07, 6.45) is -0.185. The zero-order valence-electron chi connectivity index (χ0n) is 7.77. The van der Waals surface area contributed by atoms with Crippen molar-refractivity contribution in [2.45, 2.75) is 44.2 Å². The number of hydrogen-bond donors (Lipinski definition) is 1. The van der Waals surface area contributed by atoms with E-state index < -0.39 is 18.2 Å². The van der Waals surface area contributed by atoms with Gasteiger partial charge in [0.1, 0.15) is 18.3 Å². The molecule has 2 aliphatic heterocycles. The summed E-state index contributed by atoms with van der Waals surface area (Å²) in [4.78, 5) is 0. The zero-order chi connectivity index (χ0) is 9.64. The van der Waals surface area contributed by atoms with E-state index in [4.69, 9.17) is 14.2 Å². The fourth-order valence-electron chi connectivity index (χ4n) is 1.80. The van der Waals surface area contributed by atoms with E-state index in [1.165, 1.54) is 0 Å². The second-order valence-electron chi connectivity index (χ2n) is 3.79. The van der Waals surface area contributed by atoms with Gasteiger partial charge in [-0.1, -0.05) is 6.08 Å². The second-order valence-corrected chi connectivity index (χ2v) is 3.79. The first kappa shape index (κ1) is 9.15. The van der Waals surface area contributed by atoms with Crippen molar-refractivity contribution in [3.05, 3.63) is 12.7 Å². The number of fused-ring (bicyclic) bond motifs is 1. The predicted octanol–water partition coefficient (Wildman–Crippen LogP) is 0.410. The molecule has 1 N–H and O–H groups in total. The van der Waals surface area contributed by atoms with Crippen LogP contribution in [0, 0.1) is 0 Å². The van der Waals surface area contributed by atoms with Crippen molar-refractivity contribution in [2.75, 3.05) is 0 Å². The maximum Gasteiger partial charge on any atom is 0.184 e. The molecule has 0 saturated carbocycles. The smallest absolute Gasteiger partial charge is 0.184 e. The highest BCUT2D eigenvalue weighted by molar-refractivity contribution is 5.01. The maximum absolute atomic E-state index is 9.46. The summed E-state index contributed by atoms with van der Waals surface area (Å²) in [6, 6.07) is 0. The lowest BCUT2D eigenvalue weighted by Crippen LogP contribution is -2.29. The largest absolute Gasteiger partial charge is 0.366 e. The average molecular weight is 186 g/mol. The lowest BCUT2D eigenvalue weighted by atomic mass is 10.1. The highest BCUT2D eigenvalue weighted by Gasteiger charge is 2.53. The van der Waals surface area contributed by atoms with Crippen LogP contribution in [0.2, 0.25) is 0 Å². The summed E-state index contributed by atoms with van der Waals surface area (Å²) in [7, 11) is 0. The molecule has 2 heterocycles. The van der Waals surface area contributed by atoms with Crippen molar-refractivity contribution in [1.82, 2.24) is 0 Å². The third-order valence-corrected chi connectivity index (χ3v) is 2.30. The molecule has 4 atom stereocenters. The monoisotopic (exact) mass is 186 g/mol. The molecule has 0 spiro atoms. The van der Waals surface area contributed by atoms with Crippen molar-refractivity contribution >= 4 is 0 Å². The van der Waals surface area contributed by atoms with Gasteiger partial charge in [-0.2, -0.15) is 0 Å². The highest BCUT2D eigenvalue weighted by atomic mass is 16.8. The molecule has 13 heavy (non-hydrogen) atoms. The van der Waals surface area contributed by atoms with Gasteiger partial charge in [-0.25, -0.2) is 0 Å². The molecular weight excluding hydrogens is 172 g/mol. The van der Waals surface area contributed by atoms with Crippen LogP contribution in [0.25, 0.3) is 0 Å². The van der Waals surface area contributed by atoms with Gasteiger partial charge in [0.25, 0.3) is 0 Å². The maximum atomic E-state index is 9.46. The Balaban J connectivity index is 2.17. The van der Waals surface area contributed by atoms with Crippen LogP contribution >= 0.6 is 0 Å². The van der Waals surface area contributed by atoms with E-state index in [1.54, 1.807) is 6.08 Å². The van der Waals surface area contributed by atoms with Gasteiger partial charge < -0.3 is 19.3 Å². The molecule has 0 aliphatic carbocycles. The van der Waals surface area contributed by atoms with Gasteiger partial charge in [0.2, 0.25) is 0 Å². The van der Waals surface area contributed by atoms with Gasteiger partial charge >= 0.3 is 0 Å². The van der Waals surface area contributed by atoms with Crippen molar-refractivity contribution in [2.24, 2.45) is 0 Å². The molecule has 2 aliphatic rings. The standard InChI is InChI=1S/C9H14O4/c1-4-5-6-7(8(10)11-5)13-9(2,3)12-6/h4-8,10H,1H2,2-3H3. The molecule has 0 bridgehead atoms. The van der Waals surface area contributed by atoms with E-state index in [0.29, 0.717) is 0 Å². The number of aliphatic hydroxyl groups is 1. The lowest BCUT2D eigenvalue weighted by molar-refractivity contribution is -0.214. The van der Waals surface area contributed by atoms with Crippen molar-refractivity contribution < 1.29 is 19.3 Å². The minimum atomic E-state index is -0.908. The Bertz CT molecular complexity index is 226. The molecule has 4 unspecified atom stereocenters. The summed E-state index contributed by atoms with van der Waals surface area (Å²) in [5.74, 6) is -0.638. The second kappa shape index (κ2) is 2.78. The summed E-state index contributed by atoms with van der Waals surface area (Å²) in [5.41, 5.74) is 0. The molecule has 2 saturated heterocycles. The van der Waals surface area contributed by atoms with E-state index in [2.05, 4.69) is 6.58 Å². The van der Waals surface area contributed by atoms with Gasteiger partial charge in [0.15, 0.2) is 12.1 Å². The van der Waals surface area contributed by atoms with Crippen molar-refractivity contribution in [3.8, 4) is 0 Å². The Labute approximate surface area is 77.1 Å². The molecule has 0 aromatic rings. The van der Waals surface area contributed by atoms with Gasteiger partial charge in [0.05, 0.1) is 0 Å². The van der Waals surface area contributed by atoms with E-state index in [1.807, 2.05) is 13.8 Å². The number of hydrogen-bond acceptors (Lipinski definition) is 4. The SMILES string of the molecule is C=CC1OC(O)C2OC(C)(C)OC12. The fourth-order valence-corrected chi connectivity index (χ4v) is 1.80.